The monoisotopic (exact) mass is 373 g/mol. The molecule has 3 aromatic rings. The molecule has 0 radical (unpaired) electrons. The molecule has 1 aromatic heterocycles. The standard InChI is InChI=1S/C18H19N3O4S/c1-13-4-3-5-14(10-13)12-26(22,23)19-11-17-20-18(21-25-17)15-6-8-16(24-2)9-7-15/h3-10,19H,11-12H2,1-2H3. The van der Waals surface area contributed by atoms with E-state index in [-0.39, 0.29) is 18.2 Å². The predicted molar refractivity (Wildman–Crippen MR) is 96.9 cm³/mol. The van der Waals surface area contributed by atoms with E-state index in [2.05, 4.69) is 14.9 Å². The van der Waals surface area contributed by atoms with E-state index in [0.29, 0.717) is 5.82 Å². The summed E-state index contributed by atoms with van der Waals surface area (Å²) in [6.45, 7) is 1.86. The van der Waals surface area contributed by atoms with Gasteiger partial charge in [0.25, 0.3) is 0 Å². The van der Waals surface area contributed by atoms with Crippen LogP contribution in [0.15, 0.2) is 53.1 Å². The molecular formula is C18H19N3O4S. The fraction of sp³-hybridized carbons (Fsp3) is 0.222. The lowest BCUT2D eigenvalue weighted by atomic mass is 10.2. The van der Waals surface area contributed by atoms with E-state index in [4.69, 9.17) is 9.26 Å². The molecule has 0 spiro atoms. The van der Waals surface area contributed by atoms with Crippen LogP contribution in [0.1, 0.15) is 17.0 Å². The number of hydrogen-bond acceptors (Lipinski definition) is 6. The lowest BCUT2D eigenvalue weighted by molar-refractivity contribution is 0.376. The van der Waals surface area contributed by atoms with Crippen molar-refractivity contribution >= 4 is 10.0 Å². The molecule has 0 aliphatic rings. The van der Waals surface area contributed by atoms with Crippen molar-refractivity contribution in [3.63, 3.8) is 0 Å². The largest absolute Gasteiger partial charge is 0.497 e. The summed E-state index contributed by atoms with van der Waals surface area (Å²) in [7, 11) is -1.92. The van der Waals surface area contributed by atoms with Crippen molar-refractivity contribution < 1.29 is 17.7 Å². The summed E-state index contributed by atoms with van der Waals surface area (Å²) in [6.07, 6.45) is 0. The lowest BCUT2D eigenvalue weighted by Crippen LogP contribution is -2.24. The number of rotatable bonds is 7. The van der Waals surface area contributed by atoms with Crippen molar-refractivity contribution in [3.05, 3.63) is 65.5 Å². The van der Waals surface area contributed by atoms with Crippen LogP contribution in [0.4, 0.5) is 0 Å². The second kappa shape index (κ2) is 7.67. The van der Waals surface area contributed by atoms with E-state index in [9.17, 15) is 8.42 Å². The average molecular weight is 373 g/mol. The third-order valence-corrected chi connectivity index (χ3v) is 5.00. The Kier molecular flexibility index (Phi) is 5.34. The minimum Gasteiger partial charge on any atom is -0.497 e. The first-order chi connectivity index (χ1) is 12.4. The maximum absolute atomic E-state index is 12.2. The third kappa shape index (κ3) is 4.68. The summed E-state index contributed by atoms with van der Waals surface area (Å²) in [5, 5.41) is 3.88. The molecule has 0 unspecified atom stereocenters. The first-order valence-electron chi connectivity index (χ1n) is 7.95. The number of aryl methyl sites for hydroxylation is 1. The summed E-state index contributed by atoms with van der Waals surface area (Å²) in [5.41, 5.74) is 2.49. The molecule has 1 N–H and O–H groups in total. The summed E-state index contributed by atoms with van der Waals surface area (Å²) in [4.78, 5) is 4.21. The highest BCUT2D eigenvalue weighted by Gasteiger charge is 2.15. The normalized spacial score (nSPS) is 11.5. The van der Waals surface area contributed by atoms with Crippen LogP contribution >= 0.6 is 0 Å². The highest BCUT2D eigenvalue weighted by Crippen LogP contribution is 2.19. The molecule has 0 aliphatic heterocycles. The van der Waals surface area contributed by atoms with Gasteiger partial charge >= 0.3 is 0 Å². The number of ether oxygens (including phenoxy) is 1. The van der Waals surface area contributed by atoms with E-state index in [1.165, 1.54) is 0 Å². The molecule has 2 aromatic carbocycles. The van der Waals surface area contributed by atoms with Crippen molar-refractivity contribution in [3.8, 4) is 17.1 Å². The quantitative estimate of drug-likeness (QED) is 0.684. The summed E-state index contributed by atoms with van der Waals surface area (Å²) < 4.78 is 37.1. The van der Waals surface area contributed by atoms with E-state index in [1.807, 2.05) is 25.1 Å². The van der Waals surface area contributed by atoms with Gasteiger partial charge in [-0.2, -0.15) is 4.98 Å². The zero-order valence-corrected chi connectivity index (χ0v) is 15.3. The highest BCUT2D eigenvalue weighted by molar-refractivity contribution is 7.88. The first-order valence-corrected chi connectivity index (χ1v) is 9.60. The molecular weight excluding hydrogens is 354 g/mol. The van der Waals surface area contributed by atoms with Crippen molar-refractivity contribution in [1.82, 2.24) is 14.9 Å². The van der Waals surface area contributed by atoms with Crippen LogP contribution in [0.3, 0.4) is 0 Å². The summed E-state index contributed by atoms with van der Waals surface area (Å²) in [6, 6.07) is 14.5. The van der Waals surface area contributed by atoms with Gasteiger partial charge in [0, 0.05) is 5.56 Å². The van der Waals surface area contributed by atoms with Crippen molar-refractivity contribution in [2.75, 3.05) is 7.11 Å². The van der Waals surface area contributed by atoms with Gasteiger partial charge in [-0.3, -0.25) is 0 Å². The van der Waals surface area contributed by atoms with E-state index in [0.717, 1.165) is 22.4 Å². The van der Waals surface area contributed by atoms with Crippen LogP contribution in [0, 0.1) is 6.92 Å². The van der Waals surface area contributed by atoms with Gasteiger partial charge in [0.15, 0.2) is 0 Å². The van der Waals surface area contributed by atoms with E-state index in [1.54, 1.807) is 37.4 Å². The number of nitrogens with zero attached hydrogens (tertiary/aromatic N) is 2. The topological polar surface area (TPSA) is 94.3 Å². The molecule has 3 rings (SSSR count). The smallest absolute Gasteiger partial charge is 0.242 e. The number of aromatic nitrogens is 2. The van der Waals surface area contributed by atoms with E-state index >= 15 is 0 Å². The van der Waals surface area contributed by atoms with Crippen LogP contribution in [0.2, 0.25) is 0 Å². The van der Waals surface area contributed by atoms with Gasteiger partial charge in [-0.25, -0.2) is 13.1 Å². The predicted octanol–water partition coefficient (Wildman–Crippen LogP) is 2.67. The van der Waals surface area contributed by atoms with Gasteiger partial charge in [-0.1, -0.05) is 35.0 Å². The Balaban J connectivity index is 1.63. The van der Waals surface area contributed by atoms with Gasteiger partial charge in [0.05, 0.1) is 19.4 Å². The molecule has 0 bridgehead atoms. The molecule has 26 heavy (non-hydrogen) atoms. The second-order valence-electron chi connectivity index (χ2n) is 5.81. The minimum atomic E-state index is -3.51. The zero-order chi connectivity index (χ0) is 18.6. The number of sulfonamides is 1. The van der Waals surface area contributed by atoms with Gasteiger partial charge in [0.1, 0.15) is 5.75 Å². The Morgan fingerprint density at radius 3 is 2.62 bits per heavy atom. The second-order valence-corrected chi connectivity index (χ2v) is 7.62. The Hall–Kier alpha value is -2.71. The van der Waals surface area contributed by atoms with Crippen molar-refractivity contribution in [2.24, 2.45) is 0 Å². The van der Waals surface area contributed by atoms with Gasteiger partial charge in [-0.05, 0) is 36.8 Å². The SMILES string of the molecule is COc1ccc(-c2noc(CNS(=O)(=O)Cc3cccc(C)c3)n2)cc1. The summed E-state index contributed by atoms with van der Waals surface area (Å²) >= 11 is 0. The van der Waals surface area contributed by atoms with Gasteiger partial charge in [0.2, 0.25) is 21.7 Å². The van der Waals surface area contributed by atoms with Crippen LogP contribution < -0.4 is 9.46 Å². The number of methoxy groups -OCH3 is 1. The Bertz CT molecular complexity index is 982. The van der Waals surface area contributed by atoms with Crippen LogP contribution in [0.5, 0.6) is 5.75 Å². The molecule has 8 heteroatoms. The number of hydrogen-bond donors (Lipinski definition) is 1. The minimum absolute atomic E-state index is 0.0582. The third-order valence-electron chi connectivity index (χ3n) is 3.70. The van der Waals surface area contributed by atoms with Crippen LogP contribution in [-0.2, 0) is 22.3 Å². The molecule has 7 nitrogen and oxygen atoms in total. The molecule has 0 amide bonds. The van der Waals surface area contributed by atoms with Gasteiger partial charge < -0.3 is 9.26 Å². The Morgan fingerprint density at radius 2 is 1.92 bits per heavy atom. The maximum atomic E-state index is 12.2. The highest BCUT2D eigenvalue weighted by atomic mass is 32.2. The van der Waals surface area contributed by atoms with Crippen LogP contribution in [0.25, 0.3) is 11.4 Å². The number of nitrogens with one attached hydrogen (secondary N) is 1. The van der Waals surface area contributed by atoms with Crippen LogP contribution in [-0.4, -0.2) is 25.7 Å². The maximum Gasteiger partial charge on any atom is 0.242 e. The summed E-state index contributed by atoms with van der Waals surface area (Å²) in [5.74, 6) is 1.21. The molecule has 0 fully saturated rings. The fourth-order valence-electron chi connectivity index (χ4n) is 2.43. The molecule has 136 valence electrons. The number of benzene rings is 2. The van der Waals surface area contributed by atoms with Gasteiger partial charge in [-0.15, -0.1) is 0 Å². The fourth-order valence-corrected chi connectivity index (χ4v) is 3.49. The Morgan fingerprint density at radius 1 is 1.15 bits per heavy atom. The van der Waals surface area contributed by atoms with Crippen molar-refractivity contribution in [2.45, 2.75) is 19.2 Å². The van der Waals surface area contributed by atoms with Crippen molar-refractivity contribution in [1.29, 1.82) is 0 Å². The zero-order valence-electron chi connectivity index (χ0n) is 14.5. The Labute approximate surface area is 152 Å². The molecule has 1 heterocycles. The van der Waals surface area contributed by atoms with E-state index < -0.39 is 10.0 Å². The average Bonchev–Trinajstić information content (AvgIpc) is 3.09. The molecule has 0 saturated carbocycles. The molecule has 0 atom stereocenters. The lowest BCUT2D eigenvalue weighted by Gasteiger charge is -2.05. The first kappa shape index (κ1) is 18.1. The molecule has 0 saturated heterocycles. The molecule has 0 aliphatic carbocycles.